The van der Waals surface area contributed by atoms with Crippen LogP contribution in [0.15, 0.2) is 10.2 Å². The van der Waals surface area contributed by atoms with Crippen molar-refractivity contribution in [3.05, 3.63) is 20.9 Å². The van der Waals surface area contributed by atoms with Gasteiger partial charge >= 0.3 is 5.97 Å². The van der Waals surface area contributed by atoms with E-state index in [1.807, 2.05) is 138 Å². The molecule has 10 aliphatic heterocycles. The Hall–Kier alpha value is -4.08. The van der Waals surface area contributed by atoms with Crippen LogP contribution in [-0.4, -0.2) is 510 Å². The van der Waals surface area contributed by atoms with Crippen molar-refractivity contribution < 1.29 is 220 Å². The molecule has 0 radical (unpaired) electrons. The summed E-state index contributed by atoms with van der Waals surface area (Å²) in [5.74, 6) is -0.547. The molecule has 10 saturated heterocycles. The Morgan fingerprint density at radius 1 is 0.310 bits per heavy atom. The maximum Gasteiger partial charge on any atom is 0.306 e. The second kappa shape index (κ2) is 66.9. The summed E-state index contributed by atoms with van der Waals surface area (Å²) in [7, 11) is 1.42. The van der Waals surface area contributed by atoms with E-state index in [2.05, 4.69) is 25.4 Å². The standard InChI is InChI=1S/C11H21NO3.C10H18O6.C10H20O5.2C9H17N3O4.3C9H18O5.C9H18O4.C9H18O3/c1-6(2)11-10(14)9(12-8(4)13)5-7(3)15-11;1-4(2)10-9(15)8(14)7(13)5(16-10)3-6(11)12;1-5(2)9-8(13)10(14-3)7(12)6(4-11)15-9;1-4(2)9-8(15)7(14)6(11-12-10)5(3-13)16-9;1-4(2)9-8(15)7(14)6(13)5(16-9)3-11-12-10;3*1-4(2)9-8(13)7(12)6(11)5(3-10)14-9;1-4(2)9-8(12)7(11)6(10)5(3)13-9;1-5(2)9-8(11)7(10)4-6(3)12-9/h6-7,9-11,14H,5H2,1-4H3,(H,12,13);4-5,7-10,13-15H,3H2,1-2H3,(H,11,12);5-13H,4H2,1-3H3;2*4-9,13-15H,3H2,1-2H3;3*4-13H,3H2,1-2H3;4-12H,1-3H3;5-11H,4H2,1-3H3/t7?,9-,10?,11-;5?,7-,8+,9?,10+;6?,7-,8?,9+,10+;4*5?,6-,7+,8?,9+;5?,6-,7-,8?,9-;5?,6-,7-,8?,9+;6?,7-,8?,9-/m0111111000/s1. The van der Waals surface area contributed by atoms with Crippen molar-refractivity contribution in [3.8, 4) is 0 Å². The van der Waals surface area contributed by atoms with Gasteiger partial charge < -0.3 is 216 Å². The van der Waals surface area contributed by atoms with Crippen LogP contribution < -0.4 is 5.32 Å². The zero-order valence-corrected chi connectivity index (χ0v) is 88.2. The fourth-order valence-corrected chi connectivity index (χ4v) is 17.9. The molecule has 0 aromatic rings. The average molecular weight is 2120 g/mol. The number of carbonyl (C=O) groups is 2. The summed E-state index contributed by atoms with van der Waals surface area (Å²) in [4.78, 5) is 26.7. The summed E-state index contributed by atoms with van der Waals surface area (Å²) in [6, 6.07) is -1.14. The van der Waals surface area contributed by atoms with E-state index >= 15 is 0 Å². The van der Waals surface area contributed by atoms with E-state index in [1.165, 1.54) is 14.0 Å². The molecule has 10 fully saturated rings. The molecule has 20 unspecified atom stereocenters. The number of amides is 1. The van der Waals surface area contributed by atoms with Gasteiger partial charge in [-0.25, -0.2) is 0 Å². The molecule has 51 heteroatoms. The van der Waals surface area contributed by atoms with E-state index in [9.17, 15) is 137 Å². The number of rotatable bonds is 22. The number of aliphatic carboxylic acids is 1. The Kier molecular flexibility index (Phi) is 64.1. The Labute approximate surface area is 849 Å². The highest BCUT2D eigenvalue weighted by atomic mass is 16.6. The Morgan fingerprint density at radius 2 is 0.566 bits per heavy atom. The van der Waals surface area contributed by atoms with Crippen molar-refractivity contribution in [2.45, 2.75) is 478 Å². The fraction of sp³-hybridized carbons (Fsp3) is 0.979. The predicted octanol–water partition coefficient (Wildman–Crippen LogP) is -6.09. The van der Waals surface area contributed by atoms with Crippen LogP contribution in [0.2, 0.25) is 0 Å². The zero-order valence-electron chi connectivity index (χ0n) is 88.2. The van der Waals surface area contributed by atoms with E-state index < -0.39 is 275 Å². The number of aliphatic hydroxyl groups excluding tert-OH is 30. The summed E-state index contributed by atoms with van der Waals surface area (Å²) in [5.41, 5.74) is 16.5. The summed E-state index contributed by atoms with van der Waals surface area (Å²) in [6.07, 6.45) is -38.1. The van der Waals surface area contributed by atoms with E-state index in [-0.39, 0.29) is 135 Å². The number of ether oxygens (including phenoxy) is 11. The molecule has 0 saturated carbocycles. The first kappa shape index (κ1) is 139. The number of azide groups is 2. The van der Waals surface area contributed by atoms with Gasteiger partial charge in [0, 0.05) is 30.3 Å². The van der Waals surface area contributed by atoms with Crippen LogP contribution in [0.1, 0.15) is 185 Å². The summed E-state index contributed by atoms with van der Waals surface area (Å²) >= 11 is 0. The SMILES string of the molecule is CC(=O)N[C@H]1CC(C)O[C@@H](C(C)C)C1O.CC(C)[C@@H]1OC(CC(=O)O)[C@@H](O)[C@H](O)C1O.CC(C)[C@@H]1OC(CN=[N+]=[N-])[C@@H](O)[C@H](O)C1O.CC(C)[C@@H]1OC(CO)[C@@H](N=[N+]=[N-])[C@H](O)C1O.CC(C)[C@@H]1OC(CO)[C@@H](O)[C@H](O)C1O.CC(C)[C@@H]1OC(CO)[C@@H](O)[C@H](O)C1O.CC(C)[C@@H]1OC(CO)[C@H](O)[C@H](O)C1O.CC(C)[C@H]1OC(C)[C@H](O)[C@H](O)C1O.CC1C[C@H](O)C(O)[C@H](C(C)C)O1.CO[C@@H]1C(O)[C@H](C(C)C)OC(CO)[C@H]1O. The van der Waals surface area contributed by atoms with Crippen molar-refractivity contribution >= 4 is 11.9 Å². The molecular weight excluding hydrogens is 1930 g/mol. The number of carboxylic acids is 1. The van der Waals surface area contributed by atoms with Gasteiger partial charge in [0.05, 0.1) is 168 Å². The zero-order chi connectivity index (χ0) is 112. The van der Waals surface area contributed by atoms with Crippen LogP contribution >= 0.6 is 0 Å². The normalized spacial score (nSPS) is 41.9. The van der Waals surface area contributed by atoms with Crippen molar-refractivity contribution in [2.75, 3.05) is 46.7 Å². The van der Waals surface area contributed by atoms with Crippen LogP contribution in [0.3, 0.4) is 0 Å². The first-order valence-electron chi connectivity index (χ1n) is 49.9. The van der Waals surface area contributed by atoms with Crippen molar-refractivity contribution in [3.63, 3.8) is 0 Å². The molecule has 0 bridgehead atoms. The van der Waals surface area contributed by atoms with Crippen LogP contribution in [0.4, 0.5) is 0 Å². The average Bonchev–Trinajstić information content (AvgIpc) is 0.796. The largest absolute Gasteiger partial charge is 0.481 e. The minimum atomic E-state index is -1.37. The first-order valence-corrected chi connectivity index (χ1v) is 49.9. The van der Waals surface area contributed by atoms with Crippen molar-refractivity contribution in [2.24, 2.45) is 69.4 Å². The van der Waals surface area contributed by atoms with Gasteiger partial charge in [0.1, 0.15) is 171 Å². The number of nitrogens with one attached hydrogen (secondary N) is 1. The highest BCUT2D eigenvalue weighted by Crippen LogP contribution is 2.36. The molecule has 10 aliphatic rings. The quantitative estimate of drug-likeness (QED) is 0.0272. The highest BCUT2D eigenvalue weighted by molar-refractivity contribution is 5.73. The number of hydrogen-bond donors (Lipinski definition) is 32. The minimum absolute atomic E-state index is 0.00860. The lowest BCUT2D eigenvalue weighted by Crippen LogP contribution is -2.60. The lowest BCUT2D eigenvalue weighted by Gasteiger charge is -2.43. The number of methoxy groups -OCH3 is 1. The summed E-state index contributed by atoms with van der Waals surface area (Å²) < 4.78 is 59.0. The van der Waals surface area contributed by atoms with Gasteiger partial charge in [0.25, 0.3) is 0 Å². The smallest absolute Gasteiger partial charge is 0.306 e. The summed E-state index contributed by atoms with van der Waals surface area (Å²) in [5, 5.41) is 303. The van der Waals surface area contributed by atoms with Gasteiger partial charge in [0.15, 0.2) is 0 Å². The Morgan fingerprint density at radius 3 is 0.862 bits per heavy atom. The second-order valence-electron chi connectivity index (χ2n) is 42.0. The molecule has 858 valence electrons. The van der Waals surface area contributed by atoms with E-state index in [1.54, 1.807) is 20.8 Å². The van der Waals surface area contributed by atoms with Gasteiger partial charge in [0.2, 0.25) is 5.91 Å². The molecule has 0 aromatic heterocycles. The molecule has 32 N–H and O–H groups in total. The molecule has 0 aliphatic carbocycles. The molecule has 0 spiro atoms. The van der Waals surface area contributed by atoms with E-state index in [0.717, 1.165) is 0 Å². The lowest BCUT2D eigenvalue weighted by atomic mass is 9.88. The molecule has 10 rings (SSSR count). The monoisotopic (exact) mass is 2110 g/mol. The molecule has 10 heterocycles. The molecule has 48 atom stereocenters. The lowest BCUT2D eigenvalue weighted by molar-refractivity contribution is -0.244. The maximum atomic E-state index is 11.0. The molecule has 1 amide bonds. The fourth-order valence-electron chi connectivity index (χ4n) is 17.9. The third kappa shape index (κ3) is 41.0. The van der Waals surface area contributed by atoms with Gasteiger partial charge in [-0.3, -0.25) is 9.59 Å². The third-order valence-corrected chi connectivity index (χ3v) is 26.5. The highest BCUT2D eigenvalue weighted by Gasteiger charge is 2.53. The summed E-state index contributed by atoms with van der Waals surface area (Å²) in [6.45, 7) is 42.8. The topological polar surface area (TPSA) is 872 Å². The van der Waals surface area contributed by atoms with Crippen LogP contribution in [0, 0.1) is 59.2 Å². The second-order valence-corrected chi connectivity index (χ2v) is 42.0. The van der Waals surface area contributed by atoms with E-state index in [0.29, 0.717) is 12.8 Å². The Balaban J connectivity index is 0.000000806. The van der Waals surface area contributed by atoms with Crippen LogP contribution in [-0.2, 0) is 61.7 Å². The predicted molar refractivity (Wildman–Crippen MR) is 514 cm³/mol. The van der Waals surface area contributed by atoms with Gasteiger partial charge in [-0.2, -0.15) is 0 Å². The number of carbonyl (C=O) groups excluding carboxylic acids is 1. The number of carboxylic acid groups (broad SMARTS) is 1. The molecular formula is C94H183N7O44. The van der Waals surface area contributed by atoms with Gasteiger partial charge in [-0.05, 0) is 97.4 Å². The minimum Gasteiger partial charge on any atom is -0.481 e. The number of hydrogen-bond acceptors (Lipinski definition) is 45. The van der Waals surface area contributed by atoms with Crippen molar-refractivity contribution in [1.82, 2.24) is 5.32 Å². The van der Waals surface area contributed by atoms with Crippen LogP contribution in [0.25, 0.3) is 20.9 Å². The first-order chi connectivity index (χ1) is 67.2. The van der Waals surface area contributed by atoms with Crippen LogP contribution in [0.5, 0.6) is 0 Å². The number of nitrogens with zero attached hydrogens (tertiary/aromatic N) is 6. The van der Waals surface area contributed by atoms with E-state index in [4.69, 9.17) is 93.8 Å². The third-order valence-electron chi connectivity index (χ3n) is 26.5. The maximum absolute atomic E-state index is 11.0. The molecule has 0 aromatic carbocycles. The Bertz CT molecular complexity index is 3440. The van der Waals surface area contributed by atoms with Gasteiger partial charge in [-0.15, -0.1) is 0 Å². The molecule has 51 nitrogen and oxygen atoms in total. The van der Waals surface area contributed by atoms with Crippen molar-refractivity contribution in [1.29, 1.82) is 0 Å². The molecule has 145 heavy (non-hydrogen) atoms. The van der Waals surface area contributed by atoms with Gasteiger partial charge in [-0.1, -0.05) is 149 Å². The number of aliphatic hydroxyl groups is 30.